The lowest BCUT2D eigenvalue weighted by Crippen LogP contribution is -2.40. The molecule has 0 heterocycles. The van der Waals surface area contributed by atoms with Gasteiger partial charge < -0.3 is 4.90 Å². The summed E-state index contributed by atoms with van der Waals surface area (Å²) in [5.74, 6) is 0. The van der Waals surface area contributed by atoms with Crippen LogP contribution in [0.5, 0.6) is 0 Å². The molecule has 0 N–H and O–H groups in total. The number of nitrogens with zero attached hydrogens (tertiary/aromatic N) is 1. The van der Waals surface area contributed by atoms with Crippen LogP contribution >= 0.6 is 0 Å². The molecular weight excluding hydrogens is 410 g/mol. The number of hydrogen-bond donors (Lipinski definition) is 0. The number of para-hydroxylation sites is 1. The molecule has 0 aromatic heterocycles. The molecular formula is C33H35N. The predicted octanol–water partition coefficient (Wildman–Crippen LogP) is 9.21. The average Bonchev–Trinajstić information content (AvgIpc) is 3.07. The lowest BCUT2D eigenvalue weighted by Gasteiger charge is -2.43. The van der Waals surface area contributed by atoms with Crippen molar-refractivity contribution in [2.75, 3.05) is 4.90 Å². The van der Waals surface area contributed by atoms with Crippen molar-refractivity contribution in [1.82, 2.24) is 0 Å². The summed E-state index contributed by atoms with van der Waals surface area (Å²) in [7, 11) is 0. The van der Waals surface area contributed by atoms with Crippen molar-refractivity contribution in [3.63, 3.8) is 0 Å². The van der Waals surface area contributed by atoms with Crippen molar-refractivity contribution in [3.05, 3.63) is 107 Å². The maximum atomic E-state index is 8.61. The van der Waals surface area contributed by atoms with Gasteiger partial charge in [-0.15, -0.1) is 0 Å². The summed E-state index contributed by atoms with van der Waals surface area (Å²) in [6.45, 7) is 10.8. The zero-order valence-electron chi connectivity index (χ0n) is 24.0. The SMILES string of the molecule is [2H]C([2H])([2H])c1ccc2c(c1N(c1c(C)cccc1-c1ccccc1)C(C)(C)C)C(C)(C)c1ccccc1-2. The van der Waals surface area contributed by atoms with Gasteiger partial charge in [-0.3, -0.25) is 0 Å². The van der Waals surface area contributed by atoms with Crippen LogP contribution < -0.4 is 4.90 Å². The quantitative estimate of drug-likeness (QED) is 0.302. The smallest absolute Gasteiger partial charge is 0.0525 e. The fourth-order valence-electron chi connectivity index (χ4n) is 5.67. The summed E-state index contributed by atoms with van der Waals surface area (Å²) in [5.41, 5.74) is 9.41. The van der Waals surface area contributed by atoms with Gasteiger partial charge >= 0.3 is 0 Å². The Bertz CT molecular complexity index is 1470. The molecule has 5 rings (SSSR count). The molecule has 4 aromatic rings. The van der Waals surface area contributed by atoms with Gasteiger partial charge in [0.2, 0.25) is 0 Å². The van der Waals surface area contributed by atoms with Crippen LogP contribution in [0, 0.1) is 13.8 Å². The van der Waals surface area contributed by atoms with Crippen molar-refractivity contribution >= 4 is 11.4 Å². The molecule has 0 saturated carbocycles. The molecule has 1 aliphatic rings. The van der Waals surface area contributed by atoms with Gasteiger partial charge in [0, 0.05) is 26.3 Å². The fraction of sp³-hybridized carbons (Fsp3) is 0.273. The molecule has 1 heteroatoms. The molecule has 1 aliphatic carbocycles. The van der Waals surface area contributed by atoms with Crippen molar-refractivity contribution in [2.24, 2.45) is 0 Å². The Morgan fingerprint density at radius 1 is 0.676 bits per heavy atom. The van der Waals surface area contributed by atoms with Crippen LogP contribution in [0.4, 0.5) is 11.4 Å². The summed E-state index contributed by atoms with van der Waals surface area (Å²) in [6.07, 6.45) is 0. The van der Waals surface area contributed by atoms with Crippen LogP contribution in [0.15, 0.2) is 84.9 Å². The molecule has 0 bridgehead atoms. The fourth-order valence-corrected chi connectivity index (χ4v) is 5.67. The van der Waals surface area contributed by atoms with Crippen LogP contribution in [0.1, 0.15) is 61.0 Å². The summed E-state index contributed by atoms with van der Waals surface area (Å²) in [4.78, 5) is 2.30. The van der Waals surface area contributed by atoms with Gasteiger partial charge in [0.25, 0.3) is 0 Å². The zero-order chi connectivity index (χ0) is 26.8. The van der Waals surface area contributed by atoms with Crippen LogP contribution in [0.3, 0.4) is 0 Å². The van der Waals surface area contributed by atoms with E-state index in [4.69, 9.17) is 4.11 Å². The van der Waals surface area contributed by atoms with Gasteiger partial charge in [-0.2, -0.15) is 0 Å². The van der Waals surface area contributed by atoms with Gasteiger partial charge in [0.1, 0.15) is 0 Å². The molecule has 0 radical (unpaired) electrons. The zero-order valence-corrected chi connectivity index (χ0v) is 21.0. The molecule has 0 unspecified atom stereocenters. The van der Waals surface area contributed by atoms with Crippen LogP contribution in [0.2, 0.25) is 0 Å². The van der Waals surface area contributed by atoms with Gasteiger partial charge in [-0.1, -0.05) is 98.8 Å². The van der Waals surface area contributed by atoms with Gasteiger partial charge in [-0.05, 0) is 73.5 Å². The Morgan fingerprint density at radius 2 is 1.35 bits per heavy atom. The number of rotatable bonds is 3. The van der Waals surface area contributed by atoms with E-state index in [1.807, 2.05) is 18.2 Å². The summed E-state index contributed by atoms with van der Waals surface area (Å²) < 4.78 is 25.8. The Kier molecular flexibility index (Phi) is 4.41. The first-order valence-electron chi connectivity index (χ1n) is 13.6. The van der Waals surface area contributed by atoms with E-state index in [2.05, 4.69) is 113 Å². The molecule has 0 saturated heterocycles. The Morgan fingerprint density at radius 3 is 2.06 bits per heavy atom. The third kappa shape index (κ3) is 3.38. The molecule has 0 aliphatic heterocycles. The topological polar surface area (TPSA) is 3.24 Å². The number of hydrogen-bond acceptors (Lipinski definition) is 1. The van der Waals surface area contributed by atoms with E-state index < -0.39 is 12.4 Å². The first-order chi connectivity index (χ1) is 17.3. The lowest BCUT2D eigenvalue weighted by molar-refractivity contribution is 0.551. The Labute approximate surface area is 209 Å². The molecule has 0 spiro atoms. The van der Waals surface area contributed by atoms with E-state index >= 15 is 0 Å². The number of benzene rings is 4. The normalized spacial score (nSPS) is 15.6. The van der Waals surface area contributed by atoms with E-state index in [-0.39, 0.29) is 5.41 Å². The van der Waals surface area contributed by atoms with Crippen molar-refractivity contribution in [3.8, 4) is 22.3 Å². The highest BCUT2D eigenvalue weighted by Crippen LogP contribution is 2.55. The van der Waals surface area contributed by atoms with Gasteiger partial charge in [0.15, 0.2) is 0 Å². The predicted molar refractivity (Wildman–Crippen MR) is 147 cm³/mol. The number of anilines is 2. The molecule has 0 fully saturated rings. The second-order valence-electron chi connectivity index (χ2n) is 10.9. The molecule has 1 nitrogen and oxygen atoms in total. The van der Waals surface area contributed by atoms with Crippen LogP contribution in [-0.2, 0) is 5.41 Å². The summed E-state index contributed by atoms with van der Waals surface area (Å²) >= 11 is 0. The minimum absolute atomic E-state index is 0.360. The third-order valence-corrected chi connectivity index (χ3v) is 7.13. The Balaban J connectivity index is 1.93. The average molecular weight is 449 g/mol. The van der Waals surface area contributed by atoms with E-state index in [1.165, 1.54) is 11.1 Å². The molecule has 34 heavy (non-hydrogen) atoms. The van der Waals surface area contributed by atoms with Crippen molar-refractivity contribution < 1.29 is 4.11 Å². The highest BCUT2D eigenvalue weighted by molar-refractivity contribution is 5.93. The molecule has 4 aromatic carbocycles. The molecule has 0 amide bonds. The molecule has 0 atom stereocenters. The summed E-state index contributed by atoms with van der Waals surface area (Å²) in [6, 6.07) is 29.1. The third-order valence-electron chi connectivity index (χ3n) is 7.13. The van der Waals surface area contributed by atoms with E-state index in [1.54, 1.807) is 0 Å². The molecule has 172 valence electrons. The lowest BCUT2D eigenvalue weighted by atomic mass is 9.79. The van der Waals surface area contributed by atoms with Gasteiger partial charge in [-0.25, -0.2) is 0 Å². The highest BCUT2D eigenvalue weighted by Gasteiger charge is 2.41. The maximum Gasteiger partial charge on any atom is 0.0525 e. The minimum atomic E-state index is -2.27. The second kappa shape index (κ2) is 7.87. The maximum absolute atomic E-state index is 8.61. The van der Waals surface area contributed by atoms with Gasteiger partial charge in [0.05, 0.1) is 5.69 Å². The monoisotopic (exact) mass is 448 g/mol. The standard InChI is InChI=1S/C33H35N/c1-22-14-13-18-25(24-15-9-8-10-16-24)30(22)34(32(3,4)5)31-23(2)20-21-27-26-17-11-12-19-28(26)33(6,7)29(27)31/h8-21H,1-7H3/i2D3. The van der Waals surface area contributed by atoms with Crippen LogP contribution in [-0.4, -0.2) is 5.54 Å². The van der Waals surface area contributed by atoms with Crippen molar-refractivity contribution in [2.45, 2.75) is 59.3 Å². The van der Waals surface area contributed by atoms with Crippen LogP contribution in [0.25, 0.3) is 22.3 Å². The second-order valence-corrected chi connectivity index (χ2v) is 10.9. The number of aryl methyl sites for hydroxylation is 2. The largest absolute Gasteiger partial charge is 0.335 e. The first kappa shape index (κ1) is 19.0. The van der Waals surface area contributed by atoms with Crippen molar-refractivity contribution in [1.29, 1.82) is 0 Å². The number of fused-ring (bicyclic) bond motifs is 3. The van der Waals surface area contributed by atoms with E-state index in [9.17, 15) is 0 Å². The first-order valence-corrected chi connectivity index (χ1v) is 12.1. The highest BCUT2D eigenvalue weighted by atomic mass is 15.2. The summed E-state index contributed by atoms with van der Waals surface area (Å²) in [5, 5.41) is 0. The van der Waals surface area contributed by atoms with E-state index in [0.29, 0.717) is 5.56 Å². The Hall–Kier alpha value is -3.32. The van der Waals surface area contributed by atoms with E-state index in [0.717, 1.165) is 39.2 Å². The minimum Gasteiger partial charge on any atom is -0.335 e.